The zero-order chi connectivity index (χ0) is 15.5. The van der Waals surface area contributed by atoms with Crippen LogP contribution < -0.4 is 5.32 Å². The van der Waals surface area contributed by atoms with Crippen molar-refractivity contribution in [3.63, 3.8) is 0 Å². The summed E-state index contributed by atoms with van der Waals surface area (Å²) in [6.07, 6.45) is 7.75. The lowest BCUT2D eigenvalue weighted by atomic mass is 9.86. The first-order valence-electron chi connectivity index (χ1n) is 7.20. The minimum Gasteiger partial charge on any atom is -0.347 e. The van der Waals surface area contributed by atoms with Crippen LogP contribution in [0.3, 0.4) is 0 Å². The second-order valence-corrected chi connectivity index (χ2v) is 6.27. The SMILES string of the molecule is CCc1[nH]ncc1C(=O)N[C@H](Cn1ccnc1)C(C)(C)C. The molecule has 2 aromatic rings. The van der Waals surface area contributed by atoms with Crippen LogP contribution in [0.15, 0.2) is 24.9 Å². The number of hydrogen-bond acceptors (Lipinski definition) is 3. The molecule has 0 aliphatic carbocycles. The van der Waals surface area contributed by atoms with Crippen molar-refractivity contribution in [2.45, 2.75) is 46.7 Å². The molecule has 2 rings (SSSR count). The number of aromatic nitrogens is 4. The quantitative estimate of drug-likeness (QED) is 0.884. The summed E-state index contributed by atoms with van der Waals surface area (Å²) in [5, 5.41) is 9.95. The molecule has 1 amide bonds. The average Bonchev–Trinajstić information content (AvgIpc) is 3.07. The third-order valence-electron chi connectivity index (χ3n) is 3.62. The van der Waals surface area contributed by atoms with Crippen LogP contribution in [-0.2, 0) is 13.0 Å². The summed E-state index contributed by atoms with van der Waals surface area (Å²) in [4.78, 5) is 16.5. The van der Waals surface area contributed by atoms with E-state index in [1.807, 2.05) is 17.7 Å². The number of nitrogens with one attached hydrogen (secondary N) is 2. The van der Waals surface area contributed by atoms with Gasteiger partial charge in [0.2, 0.25) is 0 Å². The van der Waals surface area contributed by atoms with E-state index in [0.717, 1.165) is 12.1 Å². The highest BCUT2D eigenvalue weighted by Gasteiger charge is 2.27. The third-order valence-corrected chi connectivity index (χ3v) is 3.62. The van der Waals surface area contributed by atoms with Crippen LogP contribution in [-0.4, -0.2) is 31.7 Å². The standard InChI is InChI=1S/C15H23N5O/c1-5-12-11(8-17-19-12)14(21)18-13(15(2,3)4)9-20-7-6-16-10-20/h6-8,10,13H,5,9H2,1-4H3,(H,17,19)(H,18,21)/t13-/m1/s1. The minimum absolute atomic E-state index is 0.00111. The molecule has 6 heteroatoms. The fraction of sp³-hybridized carbons (Fsp3) is 0.533. The highest BCUT2D eigenvalue weighted by Crippen LogP contribution is 2.21. The van der Waals surface area contributed by atoms with Gasteiger partial charge in [0.05, 0.1) is 24.1 Å². The highest BCUT2D eigenvalue weighted by atomic mass is 16.1. The van der Waals surface area contributed by atoms with Crippen molar-refractivity contribution >= 4 is 5.91 Å². The average molecular weight is 289 g/mol. The predicted molar refractivity (Wildman–Crippen MR) is 80.9 cm³/mol. The topological polar surface area (TPSA) is 75.6 Å². The molecule has 6 nitrogen and oxygen atoms in total. The molecule has 21 heavy (non-hydrogen) atoms. The molecule has 114 valence electrons. The molecule has 0 aliphatic rings. The second kappa shape index (κ2) is 6.11. The van der Waals surface area contributed by atoms with Gasteiger partial charge in [0.1, 0.15) is 0 Å². The fourth-order valence-electron chi connectivity index (χ4n) is 2.16. The number of carbonyl (C=O) groups excluding carboxylic acids is 1. The molecule has 0 aliphatic heterocycles. The van der Waals surface area contributed by atoms with E-state index in [4.69, 9.17) is 0 Å². The highest BCUT2D eigenvalue weighted by molar-refractivity contribution is 5.95. The van der Waals surface area contributed by atoms with E-state index in [1.165, 1.54) is 0 Å². The Bertz CT molecular complexity index is 579. The van der Waals surface area contributed by atoms with Crippen molar-refractivity contribution in [3.8, 4) is 0 Å². The molecule has 0 saturated heterocycles. The largest absolute Gasteiger partial charge is 0.347 e. The third kappa shape index (κ3) is 3.71. The molecule has 0 fully saturated rings. The van der Waals surface area contributed by atoms with Gasteiger partial charge >= 0.3 is 0 Å². The first-order chi connectivity index (χ1) is 9.91. The molecule has 0 radical (unpaired) electrons. The van der Waals surface area contributed by atoms with Gasteiger partial charge in [-0.1, -0.05) is 27.7 Å². The van der Waals surface area contributed by atoms with Crippen molar-refractivity contribution < 1.29 is 4.79 Å². The number of H-pyrrole nitrogens is 1. The number of aromatic amines is 1. The van der Waals surface area contributed by atoms with Gasteiger partial charge < -0.3 is 9.88 Å². The first kappa shape index (κ1) is 15.3. The summed E-state index contributed by atoms with van der Waals surface area (Å²) < 4.78 is 1.98. The summed E-state index contributed by atoms with van der Waals surface area (Å²) >= 11 is 0. The molecule has 0 saturated carbocycles. The lowest BCUT2D eigenvalue weighted by Gasteiger charge is -2.31. The number of aryl methyl sites for hydroxylation is 1. The van der Waals surface area contributed by atoms with Gasteiger partial charge in [-0.2, -0.15) is 5.10 Å². The molecule has 0 spiro atoms. The van der Waals surface area contributed by atoms with Crippen LogP contribution in [0.4, 0.5) is 0 Å². The van der Waals surface area contributed by atoms with Crippen molar-refractivity contribution in [3.05, 3.63) is 36.2 Å². The van der Waals surface area contributed by atoms with Crippen LogP contribution in [0.1, 0.15) is 43.7 Å². The Kier molecular flexibility index (Phi) is 4.45. The molecule has 1 atom stereocenters. The Labute approximate surface area is 125 Å². The maximum Gasteiger partial charge on any atom is 0.255 e. The number of rotatable bonds is 5. The maximum atomic E-state index is 12.5. The smallest absolute Gasteiger partial charge is 0.255 e. The molecule has 2 aromatic heterocycles. The second-order valence-electron chi connectivity index (χ2n) is 6.27. The van der Waals surface area contributed by atoms with Gasteiger partial charge in [-0.25, -0.2) is 4.98 Å². The summed E-state index contributed by atoms with van der Waals surface area (Å²) in [6.45, 7) is 9.03. The molecular formula is C15H23N5O. The fourth-order valence-corrected chi connectivity index (χ4v) is 2.16. The molecule has 0 unspecified atom stereocenters. The first-order valence-corrected chi connectivity index (χ1v) is 7.20. The van der Waals surface area contributed by atoms with Gasteiger partial charge in [0.25, 0.3) is 5.91 Å². The number of nitrogens with zero attached hydrogens (tertiary/aromatic N) is 3. The van der Waals surface area contributed by atoms with Crippen molar-refractivity contribution in [1.29, 1.82) is 0 Å². The van der Waals surface area contributed by atoms with E-state index < -0.39 is 0 Å². The van der Waals surface area contributed by atoms with Crippen LogP contribution in [0.5, 0.6) is 0 Å². The molecule has 0 bridgehead atoms. The zero-order valence-corrected chi connectivity index (χ0v) is 13.1. The molecular weight excluding hydrogens is 266 g/mol. The van der Waals surface area contributed by atoms with Gasteiger partial charge in [-0.3, -0.25) is 9.89 Å². The van der Waals surface area contributed by atoms with Crippen LogP contribution >= 0.6 is 0 Å². The Morgan fingerprint density at radius 3 is 2.81 bits per heavy atom. The Balaban J connectivity index is 2.13. The lowest BCUT2D eigenvalue weighted by molar-refractivity contribution is 0.0891. The number of amides is 1. The van der Waals surface area contributed by atoms with E-state index in [0.29, 0.717) is 12.1 Å². The minimum atomic E-state index is -0.0827. The number of carbonyl (C=O) groups is 1. The predicted octanol–water partition coefficient (Wildman–Crippen LogP) is 2.01. The van der Waals surface area contributed by atoms with Crippen LogP contribution in [0, 0.1) is 5.41 Å². The summed E-state index contributed by atoms with van der Waals surface area (Å²) in [7, 11) is 0. The van der Waals surface area contributed by atoms with E-state index in [-0.39, 0.29) is 17.4 Å². The van der Waals surface area contributed by atoms with Crippen LogP contribution in [0.25, 0.3) is 0 Å². The lowest BCUT2D eigenvalue weighted by Crippen LogP contribution is -2.46. The monoisotopic (exact) mass is 289 g/mol. The van der Waals surface area contributed by atoms with E-state index >= 15 is 0 Å². The normalized spacial score (nSPS) is 13.1. The van der Waals surface area contributed by atoms with Crippen molar-refractivity contribution in [2.75, 3.05) is 0 Å². The zero-order valence-electron chi connectivity index (χ0n) is 13.1. The maximum absolute atomic E-state index is 12.5. The van der Waals surface area contributed by atoms with Crippen LogP contribution in [0.2, 0.25) is 0 Å². The van der Waals surface area contributed by atoms with Crippen molar-refractivity contribution in [1.82, 2.24) is 25.1 Å². The Hall–Kier alpha value is -2.11. The Morgan fingerprint density at radius 2 is 2.24 bits per heavy atom. The summed E-state index contributed by atoms with van der Waals surface area (Å²) in [6, 6.07) is -0.00111. The van der Waals surface area contributed by atoms with E-state index in [2.05, 4.69) is 41.3 Å². The number of imidazole rings is 1. The van der Waals surface area contributed by atoms with E-state index in [1.54, 1.807) is 18.7 Å². The van der Waals surface area contributed by atoms with Gasteiger partial charge in [0.15, 0.2) is 0 Å². The Morgan fingerprint density at radius 1 is 1.48 bits per heavy atom. The summed E-state index contributed by atoms with van der Waals surface area (Å²) in [5.41, 5.74) is 1.43. The summed E-state index contributed by atoms with van der Waals surface area (Å²) in [5.74, 6) is -0.0827. The molecule has 0 aromatic carbocycles. The van der Waals surface area contributed by atoms with E-state index in [9.17, 15) is 4.79 Å². The number of hydrogen-bond donors (Lipinski definition) is 2. The van der Waals surface area contributed by atoms with Gasteiger partial charge in [-0.05, 0) is 11.8 Å². The van der Waals surface area contributed by atoms with Crippen molar-refractivity contribution in [2.24, 2.45) is 5.41 Å². The molecule has 2 N–H and O–H groups in total. The van der Waals surface area contributed by atoms with Gasteiger partial charge in [0, 0.05) is 24.6 Å². The molecule has 2 heterocycles. The van der Waals surface area contributed by atoms with Gasteiger partial charge in [-0.15, -0.1) is 0 Å².